The third-order valence-electron chi connectivity index (χ3n) is 3.00. The lowest BCUT2D eigenvalue weighted by molar-refractivity contribution is 0.578. The molecule has 0 spiro atoms. The summed E-state index contributed by atoms with van der Waals surface area (Å²) in [4.78, 5) is 4.60. The van der Waals surface area contributed by atoms with Crippen LogP contribution in [0.15, 0.2) is 18.2 Å². The van der Waals surface area contributed by atoms with Gasteiger partial charge in [-0.1, -0.05) is 13.8 Å². The highest BCUT2D eigenvalue weighted by atomic mass is 15.1. The third-order valence-corrected chi connectivity index (χ3v) is 3.00. The van der Waals surface area contributed by atoms with E-state index in [0.29, 0.717) is 11.6 Å². The summed E-state index contributed by atoms with van der Waals surface area (Å²) in [5, 5.41) is 12.3. The number of nitrogens with one attached hydrogen (secondary N) is 1. The van der Waals surface area contributed by atoms with Gasteiger partial charge >= 0.3 is 0 Å². The first-order chi connectivity index (χ1) is 8.61. The molecule has 0 aliphatic carbocycles. The number of aryl methyl sites for hydroxylation is 1. The molecule has 0 atom stereocenters. The summed E-state index contributed by atoms with van der Waals surface area (Å²) in [6, 6.07) is 8.26. The second-order valence-corrected chi connectivity index (χ2v) is 4.76. The second-order valence-electron chi connectivity index (χ2n) is 4.76. The van der Waals surface area contributed by atoms with E-state index >= 15 is 0 Å². The van der Waals surface area contributed by atoms with Gasteiger partial charge in [0.1, 0.15) is 5.82 Å². The van der Waals surface area contributed by atoms with E-state index in [1.165, 1.54) is 0 Å². The highest BCUT2D eigenvalue weighted by molar-refractivity contribution is 5.77. The van der Waals surface area contributed by atoms with Crippen molar-refractivity contribution in [3.63, 3.8) is 0 Å². The molecule has 94 valence electrons. The van der Waals surface area contributed by atoms with Gasteiger partial charge in [-0.15, -0.1) is 0 Å². The van der Waals surface area contributed by atoms with Crippen molar-refractivity contribution in [2.24, 2.45) is 7.05 Å². The number of nitrogens with zero attached hydrogens (tertiary/aromatic N) is 3. The minimum absolute atomic E-state index is 0.491. The lowest BCUT2D eigenvalue weighted by atomic mass is 10.2. The van der Waals surface area contributed by atoms with Crippen LogP contribution in [0.25, 0.3) is 11.0 Å². The Balaban J connectivity index is 2.25. The molecule has 0 saturated heterocycles. The number of imidazole rings is 1. The Morgan fingerprint density at radius 2 is 2.22 bits per heavy atom. The van der Waals surface area contributed by atoms with Gasteiger partial charge in [0.2, 0.25) is 0 Å². The average molecular weight is 242 g/mol. The number of benzene rings is 1. The van der Waals surface area contributed by atoms with Crippen molar-refractivity contribution in [3.05, 3.63) is 29.6 Å². The van der Waals surface area contributed by atoms with Crippen LogP contribution in [0.1, 0.15) is 25.2 Å². The molecule has 0 bridgehead atoms. The molecule has 0 unspecified atom stereocenters. The van der Waals surface area contributed by atoms with Gasteiger partial charge in [-0.05, 0) is 18.2 Å². The van der Waals surface area contributed by atoms with E-state index in [0.717, 1.165) is 29.8 Å². The minimum atomic E-state index is 0.491. The molecule has 1 aromatic carbocycles. The molecule has 1 aromatic heterocycles. The molecular weight excluding hydrogens is 224 g/mol. The zero-order chi connectivity index (χ0) is 13.1. The molecule has 0 amide bonds. The normalized spacial score (nSPS) is 11.1. The van der Waals surface area contributed by atoms with E-state index in [2.05, 4.69) is 34.8 Å². The van der Waals surface area contributed by atoms with Crippen LogP contribution in [-0.4, -0.2) is 22.1 Å². The SMILES string of the molecule is CC(C)NCCc1nc2ccc(C#N)cc2n1C. The number of nitriles is 1. The summed E-state index contributed by atoms with van der Waals surface area (Å²) >= 11 is 0. The molecule has 0 saturated carbocycles. The fourth-order valence-corrected chi connectivity index (χ4v) is 2.01. The summed E-state index contributed by atoms with van der Waals surface area (Å²) in [6.07, 6.45) is 0.894. The summed E-state index contributed by atoms with van der Waals surface area (Å²) in [5.74, 6) is 1.05. The Bertz CT molecular complexity index is 590. The van der Waals surface area contributed by atoms with Crippen LogP contribution in [0, 0.1) is 11.3 Å². The van der Waals surface area contributed by atoms with Gasteiger partial charge < -0.3 is 9.88 Å². The molecule has 4 heteroatoms. The molecule has 0 fully saturated rings. The molecule has 1 heterocycles. The topological polar surface area (TPSA) is 53.6 Å². The van der Waals surface area contributed by atoms with E-state index in [9.17, 15) is 0 Å². The van der Waals surface area contributed by atoms with E-state index < -0.39 is 0 Å². The molecule has 4 nitrogen and oxygen atoms in total. The Labute approximate surface area is 107 Å². The Kier molecular flexibility index (Phi) is 3.63. The quantitative estimate of drug-likeness (QED) is 0.892. The van der Waals surface area contributed by atoms with Crippen LogP contribution in [0.5, 0.6) is 0 Å². The predicted octanol–water partition coefficient (Wildman–Crippen LogP) is 1.99. The third kappa shape index (κ3) is 2.52. The second kappa shape index (κ2) is 5.19. The van der Waals surface area contributed by atoms with Crippen LogP contribution in [0.2, 0.25) is 0 Å². The molecular formula is C14H18N4. The van der Waals surface area contributed by atoms with Crippen LogP contribution in [0.3, 0.4) is 0 Å². The van der Waals surface area contributed by atoms with Gasteiger partial charge in [0, 0.05) is 26.1 Å². The van der Waals surface area contributed by atoms with Gasteiger partial charge in [0.05, 0.1) is 22.7 Å². The first-order valence-electron chi connectivity index (χ1n) is 6.20. The van der Waals surface area contributed by atoms with Gasteiger partial charge in [0.25, 0.3) is 0 Å². The maximum Gasteiger partial charge on any atom is 0.110 e. The molecule has 1 N–H and O–H groups in total. The van der Waals surface area contributed by atoms with Gasteiger partial charge in [-0.2, -0.15) is 5.26 Å². The highest BCUT2D eigenvalue weighted by Crippen LogP contribution is 2.16. The number of hydrogen-bond donors (Lipinski definition) is 1. The van der Waals surface area contributed by atoms with Crippen molar-refractivity contribution in [2.75, 3.05) is 6.54 Å². The van der Waals surface area contributed by atoms with Crippen molar-refractivity contribution in [1.29, 1.82) is 5.26 Å². The van der Waals surface area contributed by atoms with Crippen molar-refractivity contribution in [2.45, 2.75) is 26.3 Å². The van der Waals surface area contributed by atoms with E-state index in [1.807, 2.05) is 25.2 Å². The number of aromatic nitrogens is 2. The van der Waals surface area contributed by atoms with Crippen LogP contribution < -0.4 is 5.32 Å². The lowest BCUT2D eigenvalue weighted by Crippen LogP contribution is -2.25. The van der Waals surface area contributed by atoms with Crippen molar-refractivity contribution >= 4 is 11.0 Å². The van der Waals surface area contributed by atoms with Crippen molar-refractivity contribution < 1.29 is 0 Å². The zero-order valence-electron chi connectivity index (χ0n) is 11.1. The Morgan fingerprint density at radius 3 is 2.89 bits per heavy atom. The molecule has 0 aliphatic rings. The highest BCUT2D eigenvalue weighted by Gasteiger charge is 2.08. The minimum Gasteiger partial charge on any atom is -0.331 e. The van der Waals surface area contributed by atoms with Crippen molar-refractivity contribution in [1.82, 2.24) is 14.9 Å². The Morgan fingerprint density at radius 1 is 1.44 bits per heavy atom. The molecule has 2 rings (SSSR count). The maximum absolute atomic E-state index is 8.91. The lowest BCUT2D eigenvalue weighted by Gasteiger charge is -2.07. The van der Waals surface area contributed by atoms with Crippen molar-refractivity contribution in [3.8, 4) is 6.07 Å². The predicted molar refractivity (Wildman–Crippen MR) is 72.3 cm³/mol. The first kappa shape index (κ1) is 12.6. The number of hydrogen-bond acceptors (Lipinski definition) is 3. The van der Waals surface area contributed by atoms with Crippen LogP contribution in [0.4, 0.5) is 0 Å². The van der Waals surface area contributed by atoms with Gasteiger partial charge in [0.15, 0.2) is 0 Å². The van der Waals surface area contributed by atoms with Gasteiger partial charge in [-0.25, -0.2) is 4.98 Å². The van der Waals surface area contributed by atoms with E-state index in [-0.39, 0.29) is 0 Å². The van der Waals surface area contributed by atoms with Crippen LogP contribution >= 0.6 is 0 Å². The zero-order valence-corrected chi connectivity index (χ0v) is 11.1. The van der Waals surface area contributed by atoms with E-state index in [1.54, 1.807) is 0 Å². The molecule has 0 radical (unpaired) electrons. The largest absolute Gasteiger partial charge is 0.331 e. The fraction of sp³-hybridized carbons (Fsp3) is 0.429. The maximum atomic E-state index is 8.91. The Hall–Kier alpha value is -1.86. The van der Waals surface area contributed by atoms with Crippen LogP contribution in [-0.2, 0) is 13.5 Å². The number of fused-ring (bicyclic) bond motifs is 1. The monoisotopic (exact) mass is 242 g/mol. The fourth-order valence-electron chi connectivity index (χ4n) is 2.01. The molecule has 0 aliphatic heterocycles. The van der Waals surface area contributed by atoms with Gasteiger partial charge in [-0.3, -0.25) is 0 Å². The van der Waals surface area contributed by atoms with E-state index in [4.69, 9.17) is 5.26 Å². The standard InChI is InChI=1S/C14H18N4/c1-10(2)16-7-6-14-17-12-5-4-11(9-15)8-13(12)18(14)3/h4-5,8,10,16H,6-7H2,1-3H3. The summed E-state index contributed by atoms with van der Waals surface area (Å²) in [7, 11) is 2.00. The summed E-state index contributed by atoms with van der Waals surface area (Å²) in [6.45, 7) is 5.18. The summed E-state index contributed by atoms with van der Waals surface area (Å²) < 4.78 is 2.07. The first-order valence-corrected chi connectivity index (χ1v) is 6.20. The summed E-state index contributed by atoms with van der Waals surface area (Å²) in [5.41, 5.74) is 2.65. The molecule has 2 aromatic rings. The molecule has 18 heavy (non-hydrogen) atoms. The smallest absolute Gasteiger partial charge is 0.110 e. The average Bonchev–Trinajstić information content (AvgIpc) is 2.66. The number of rotatable bonds is 4.